The number of likely N-dealkylation sites (tertiary alicyclic amines) is 1. The third-order valence-electron chi connectivity index (χ3n) is 5.84. The zero-order valence-corrected chi connectivity index (χ0v) is 13.7. The average Bonchev–Trinajstić information content (AvgIpc) is 3.00. The number of nitrogens with two attached hydrogens (primary N) is 1. The topological polar surface area (TPSA) is 70.8 Å². The molecule has 5 heteroatoms. The maximum Gasteiger partial charge on any atom is 0.220 e. The highest BCUT2D eigenvalue weighted by Crippen LogP contribution is 2.46. The van der Waals surface area contributed by atoms with E-state index in [1.54, 1.807) is 6.20 Å². The van der Waals surface area contributed by atoms with Crippen molar-refractivity contribution in [3.8, 4) is 0 Å². The van der Waals surface area contributed by atoms with Crippen LogP contribution in [0.4, 0.5) is 5.95 Å². The summed E-state index contributed by atoms with van der Waals surface area (Å²) in [5.41, 5.74) is 11.1. The van der Waals surface area contributed by atoms with Crippen LogP contribution < -0.4 is 5.73 Å². The molecule has 24 heavy (non-hydrogen) atoms. The van der Waals surface area contributed by atoms with Crippen LogP contribution in [0.3, 0.4) is 0 Å². The quantitative estimate of drug-likeness (QED) is 0.723. The second-order valence-corrected chi connectivity index (χ2v) is 7.17. The highest BCUT2D eigenvalue weighted by Gasteiger charge is 2.40. The molecule has 1 aromatic carbocycles. The van der Waals surface area contributed by atoms with E-state index in [4.69, 9.17) is 5.73 Å². The van der Waals surface area contributed by atoms with Gasteiger partial charge < -0.3 is 15.6 Å². The maximum absolute atomic E-state index is 5.80. The predicted molar refractivity (Wildman–Crippen MR) is 95.0 cm³/mol. The number of piperidine rings is 1. The number of hydrogen-bond donors (Lipinski definition) is 2. The molecule has 122 valence electrons. The van der Waals surface area contributed by atoms with Crippen molar-refractivity contribution in [3.05, 3.63) is 53.5 Å². The molecule has 0 amide bonds. The molecule has 0 saturated carbocycles. The summed E-state index contributed by atoms with van der Waals surface area (Å²) < 4.78 is 0. The number of hydrogen-bond acceptors (Lipinski definition) is 4. The molecule has 1 fully saturated rings. The van der Waals surface area contributed by atoms with Crippen LogP contribution in [0.1, 0.15) is 35.1 Å². The van der Waals surface area contributed by atoms with E-state index >= 15 is 0 Å². The molecule has 5 nitrogen and oxygen atoms in total. The summed E-state index contributed by atoms with van der Waals surface area (Å²) in [5, 5.41) is 1.44. The van der Waals surface area contributed by atoms with Crippen molar-refractivity contribution in [2.45, 2.75) is 30.7 Å². The zero-order chi connectivity index (χ0) is 16.3. The molecule has 3 atom stereocenters. The van der Waals surface area contributed by atoms with Gasteiger partial charge in [-0.1, -0.05) is 12.1 Å². The van der Waals surface area contributed by atoms with E-state index in [-0.39, 0.29) is 0 Å². The van der Waals surface area contributed by atoms with E-state index in [0.29, 0.717) is 23.8 Å². The summed E-state index contributed by atoms with van der Waals surface area (Å²) in [5.74, 6) is 1.31. The van der Waals surface area contributed by atoms with Crippen LogP contribution in [0.25, 0.3) is 10.9 Å². The van der Waals surface area contributed by atoms with Crippen molar-refractivity contribution < 1.29 is 0 Å². The smallest absolute Gasteiger partial charge is 0.220 e. The van der Waals surface area contributed by atoms with Gasteiger partial charge in [-0.05, 0) is 43.1 Å². The number of nitrogens with one attached hydrogen (secondary N) is 1. The molecule has 0 unspecified atom stereocenters. The highest BCUT2D eigenvalue weighted by molar-refractivity contribution is 5.88. The lowest BCUT2D eigenvalue weighted by atomic mass is 9.72. The molecule has 3 aromatic rings. The van der Waals surface area contributed by atoms with Crippen molar-refractivity contribution in [1.29, 1.82) is 0 Å². The van der Waals surface area contributed by atoms with Crippen molar-refractivity contribution in [1.82, 2.24) is 19.9 Å². The van der Waals surface area contributed by atoms with Gasteiger partial charge in [-0.2, -0.15) is 0 Å². The first kappa shape index (κ1) is 14.0. The number of benzene rings is 1. The molecular weight excluding hydrogens is 298 g/mol. The van der Waals surface area contributed by atoms with Crippen LogP contribution >= 0.6 is 0 Å². The van der Waals surface area contributed by atoms with Gasteiger partial charge in [-0.3, -0.25) is 0 Å². The molecule has 1 saturated heterocycles. The monoisotopic (exact) mass is 319 g/mol. The van der Waals surface area contributed by atoms with Crippen LogP contribution in [0.15, 0.2) is 36.7 Å². The number of nitrogen functional groups attached to an aromatic ring is 1. The first-order valence-electron chi connectivity index (χ1n) is 8.58. The summed E-state index contributed by atoms with van der Waals surface area (Å²) >= 11 is 0. The fraction of sp³-hybridized carbons (Fsp3) is 0.368. The van der Waals surface area contributed by atoms with Crippen LogP contribution in [0.2, 0.25) is 0 Å². The van der Waals surface area contributed by atoms with Crippen LogP contribution in [0, 0.1) is 0 Å². The van der Waals surface area contributed by atoms with E-state index in [1.165, 1.54) is 22.0 Å². The number of aromatic amines is 1. The Kier molecular flexibility index (Phi) is 2.94. The fourth-order valence-corrected chi connectivity index (χ4v) is 4.77. The Morgan fingerprint density at radius 2 is 2.21 bits per heavy atom. The van der Waals surface area contributed by atoms with Gasteiger partial charge in [0.1, 0.15) is 0 Å². The predicted octanol–water partition coefficient (Wildman–Crippen LogP) is 2.67. The van der Waals surface area contributed by atoms with Crippen LogP contribution in [-0.2, 0) is 6.42 Å². The van der Waals surface area contributed by atoms with E-state index in [0.717, 1.165) is 25.1 Å². The Balaban J connectivity index is 1.58. The number of rotatable bonds is 1. The van der Waals surface area contributed by atoms with E-state index in [9.17, 15) is 0 Å². The Hall–Kier alpha value is -2.40. The first-order chi connectivity index (χ1) is 11.7. The number of aromatic nitrogens is 3. The zero-order valence-electron chi connectivity index (χ0n) is 13.7. The Labute approximate surface area is 140 Å². The second kappa shape index (κ2) is 5.05. The molecule has 2 aromatic heterocycles. The number of fused-ring (bicyclic) bond motifs is 2. The lowest BCUT2D eigenvalue weighted by Gasteiger charge is -2.45. The minimum absolute atomic E-state index is 0.371. The number of likely N-dealkylation sites (N-methyl/N-ethyl adjacent to an activating group) is 1. The van der Waals surface area contributed by atoms with Gasteiger partial charge in [0, 0.05) is 47.7 Å². The fourth-order valence-electron chi connectivity index (χ4n) is 4.77. The van der Waals surface area contributed by atoms with Crippen molar-refractivity contribution in [2.75, 3.05) is 19.3 Å². The van der Waals surface area contributed by atoms with E-state index in [2.05, 4.69) is 51.3 Å². The second-order valence-electron chi connectivity index (χ2n) is 7.17. The number of anilines is 1. The van der Waals surface area contributed by atoms with Gasteiger partial charge in [0.2, 0.25) is 5.95 Å². The minimum Gasteiger partial charge on any atom is -0.368 e. The summed E-state index contributed by atoms with van der Waals surface area (Å²) in [4.78, 5) is 14.5. The number of H-pyrrole nitrogens is 1. The molecule has 1 aliphatic carbocycles. The van der Waals surface area contributed by atoms with Crippen molar-refractivity contribution in [2.24, 2.45) is 0 Å². The largest absolute Gasteiger partial charge is 0.368 e. The lowest BCUT2D eigenvalue weighted by molar-refractivity contribution is 0.138. The maximum atomic E-state index is 5.80. The molecule has 0 radical (unpaired) electrons. The Morgan fingerprint density at radius 3 is 3.08 bits per heavy atom. The summed E-state index contributed by atoms with van der Waals surface area (Å²) in [6, 6.07) is 9.24. The molecule has 3 N–H and O–H groups in total. The summed E-state index contributed by atoms with van der Waals surface area (Å²) in [7, 11) is 2.24. The third-order valence-corrected chi connectivity index (χ3v) is 5.84. The van der Waals surface area contributed by atoms with Gasteiger partial charge in [0.05, 0.1) is 5.69 Å². The van der Waals surface area contributed by atoms with Crippen molar-refractivity contribution in [3.63, 3.8) is 0 Å². The van der Waals surface area contributed by atoms with E-state index in [1.807, 2.05) is 6.07 Å². The molecule has 0 spiro atoms. The number of nitrogens with zero attached hydrogens (tertiary/aromatic N) is 3. The SMILES string of the molecule is CN1C[C@H](c2ccnc(N)n2)C[C@@H]2c3cccc4[nH]cc(c34)C[C@H]21. The van der Waals surface area contributed by atoms with Gasteiger partial charge in [-0.15, -0.1) is 0 Å². The molecular formula is C19H21N5. The normalized spacial score (nSPS) is 26.5. The molecule has 3 heterocycles. The standard InChI is InChI=1S/C19H21N5/c1-24-10-12(15-5-6-21-19(20)23-15)7-14-13-3-2-4-16-18(13)11(9-22-16)8-17(14)24/h2-6,9,12,14,17,22H,7-8,10H2,1H3,(H2,20,21,23)/t12-,14-,17-/m1/s1. The van der Waals surface area contributed by atoms with Crippen LogP contribution in [-0.4, -0.2) is 39.5 Å². The van der Waals surface area contributed by atoms with Crippen LogP contribution in [0.5, 0.6) is 0 Å². The van der Waals surface area contributed by atoms with Gasteiger partial charge in [0.15, 0.2) is 0 Å². The summed E-state index contributed by atoms with van der Waals surface area (Å²) in [6.45, 7) is 1.02. The Morgan fingerprint density at radius 1 is 1.29 bits per heavy atom. The van der Waals surface area contributed by atoms with Gasteiger partial charge in [0.25, 0.3) is 0 Å². The first-order valence-corrected chi connectivity index (χ1v) is 8.58. The van der Waals surface area contributed by atoms with E-state index < -0.39 is 0 Å². The summed E-state index contributed by atoms with van der Waals surface area (Å²) in [6.07, 6.45) is 6.21. The molecule has 2 aliphatic rings. The molecule has 5 rings (SSSR count). The third kappa shape index (κ3) is 1.97. The molecule has 1 aliphatic heterocycles. The van der Waals surface area contributed by atoms with Crippen molar-refractivity contribution >= 4 is 16.9 Å². The highest BCUT2D eigenvalue weighted by atomic mass is 15.2. The Bertz CT molecular complexity index is 915. The molecule has 0 bridgehead atoms. The van der Waals surface area contributed by atoms with Gasteiger partial charge >= 0.3 is 0 Å². The average molecular weight is 319 g/mol. The van der Waals surface area contributed by atoms with Gasteiger partial charge in [-0.25, -0.2) is 9.97 Å². The lowest BCUT2D eigenvalue weighted by Crippen LogP contribution is -2.47. The minimum atomic E-state index is 0.371.